The third kappa shape index (κ3) is 2.55. The van der Waals surface area contributed by atoms with Gasteiger partial charge in [0.15, 0.2) is 0 Å². The van der Waals surface area contributed by atoms with Crippen molar-refractivity contribution in [1.82, 2.24) is 4.90 Å². The van der Waals surface area contributed by atoms with Crippen molar-refractivity contribution < 1.29 is 5.11 Å². The average Bonchev–Trinajstić information content (AvgIpc) is 2.64. The molecule has 2 aromatic carbocycles. The Hall–Kier alpha value is -1.16. The summed E-state index contributed by atoms with van der Waals surface area (Å²) in [5.74, 6) is 0. The lowest BCUT2D eigenvalue weighted by Gasteiger charge is -2.56. The SMILES string of the molecule is Br.OC(c1ccccc1)(c1ccccc1)C12CCN(CC1)CC2. The molecule has 0 amide bonds. The second kappa shape index (κ2) is 6.39. The van der Waals surface area contributed by atoms with Gasteiger partial charge in [-0.25, -0.2) is 0 Å². The van der Waals surface area contributed by atoms with E-state index in [0.29, 0.717) is 0 Å². The van der Waals surface area contributed by atoms with Gasteiger partial charge in [0, 0.05) is 5.41 Å². The summed E-state index contributed by atoms with van der Waals surface area (Å²) in [4.78, 5) is 2.53. The van der Waals surface area contributed by atoms with Gasteiger partial charge >= 0.3 is 0 Å². The fourth-order valence-electron chi connectivity index (χ4n) is 4.51. The van der Waals surface area contributed by atoms with Gasteiger partial charge in [0.1, 0.15) is 5.60 Å². The number of hydrogen-bond acceptors (Lipinski definition) is 2. The van der Waals surface area contributed by atoms with Crippen molar-refractivity contribution in [2.75, 3.05) is 19.6 Å². The molecule has 0 spiro atoms. The first-order chi connectivity index (χ1) is 10.7. The van der Waals surface area contributed by atoms with Crippen LogP contribution in [0.25, 0.3) is 0 Å². The molecule has 2 aromatic rings. The van der Waals surface area contributed by atoms with Crippen LogP contribution in [-0.2, 0) is 5.60 Å². The molecule has 5 rings (SSSR count). The van der Waals surface area contributed by atoms with E-state index in [1.165, 1.54) is 0 Å². The summed E-state index contributed by atoms with van der Waals surface area (Å²) in [5.41, 5.74) is 1.15. The van der Waals surface area contributed by atoms with E-state index < -0.39 is 5.60 Å². The molecular weight excluding hydrogens is 350 g/mol. The van der Waals surface area contributed by atoms with Gasteiger partial charge in [0.05, 0.1) is 0 Å². The molecule has 2 bridgehead atoms. The van der Waals surface area contributed by atoms with E-state index >= 15 is 0 Å². The van der Waals surface area contributed by atoms with Gasteiger partial charge in [-0.3, -0.25) is 0 Å². The van der Waals surface area contributed by atoms with E-state index in [1.54, 1.807) is 0 Å². The van der Waals surface area contributed by atoms with Gasteiger partial charge in [-0.15, -0.1) is 17.0 Å². The van der Waals surface area contributed by atoms with E-state index in [4.69, 9.17) is 0 Å². The van der Waals surface area contributed by atoms with Crippen LogP contribution in [-0.4, -0.2) is 29.6 Å². The molecule has 3 saturated heterocycles. The molecule has 0 radical (unpaired) electrons. The number of benzene rings is 2. The van der Waals surface area contributed by atoms with Crippen LogP contribution in [0.1, 0.15) is 30.4 Å². The van der Waals surface area contributed by atoms with E-state index in [9.17, 15) is 5.11 Å². The Morgan fingerprint density at radius 2 is 1.13 bits per heavy atom. The number of nitrogens with zero attached hydrogens (tertiary/aromatic N) is 1. The van der Waals surface area contributed by atoms with Crippen molar-refractivity contribution in [1.29, 1.82) is 0 Å². The van der Waals surface area contributed by atoms with Crippen LogP contribution < -0.4 is 0 Å². The minimum atomic E-state index is -0.887. The van der Waals surface area contributed by atoms with E-state index in [1.807, 2.05) is 36.4 Å². The van der Waals surface area contributed by atoms with Crippen LogP contribution in [0.2, 0.25) is 0 Å². The number of aliphatic hydroxyl groups is 1. The highest BCUT2D eigenvalue weighted by Gasteiger charge is 2.55. The minimum absolute atomic E-state index is 0. The Labute approximate surface area is 148 Å². The summed E-state index contributed by atoms with van der Waals surface area (Å²) in [5, 5.41) is 12.0. The molecule has 0 unspecified atom stereocenters. The second-order valence-electron chi connectivity index (χ2n) is 6.81. The molecule has 3 heteroatoms. The number of rotatable bonds is 3. The van der Waals surface area contributed by atoms with Crippen molar-refractivity contribution in [3.63, 3.8) is 0 Å². The quantitative estimate of drug-likeness (QED) is 0.878. The summed E-state index contributed by atoms with van der Waals surface area (Å²) in [6, 6.07) is 20.5. The van der Waals surface area contributed by atoms with Gasteiger partial charge in [-0.1, -0.05) is 60.7 Å². The molecule has 2 nitrogen and oxygen atoms in total. The summed E-state index contributed by atoms with van der Waals surface area (Å²) >= 11 is 0. The highest BCUT2D eigenvalue weighted by atomic mass is 79.9. The zero-order valence-electron chi connectivity index (χ0n) is 13.3. The van der Waals surface area contributed by atoms with Gasteiger partial charge in [-0.05, 0) is 50.0 Å². The van der Waals surface area contributed by atoms with Crippen LogP contribution in [0.15, 0.2) is 60.7 Å². The normalized spacial score (nSPS) is 26.6. The third-order valence-corrected chi connectivity index (χ3v) is 5.87. The number of hydrogen-bond donors (Lipinski definition) is 1. The molecule has 1 N–H and O–H groups in total. The van der Waals surface area contributed by atoms with Crippen LogP contribution >= 0.6 is 17.0 Å². The first kappa shape index (κ1) is 16.7. The fraction of sp³-hybridized carbons (Fsp3) is 0.400. The van der Waals surface area contributed by atoms with Gasteiger partial charge in [0.25, 0.3) is 0 Å². The molecule has 3 aliphatic heterocycles. The lowest BCUT2D eigenvalue weighted by Crippen LogP contribution is -2.58. The molecule has 3 aliphatic rings. The number of piperidine rings is 3. The topological polar surface area (TPSA) is 23.5 Å². The van der Waals surface area contributed by atoms with Crippen molar-refractivity contribution >= 4 is 17.0 Å². The van der Waals surface area contributed by atoms with E-state index in [-0.39, 0.29) is 22.4 Å². The maximum atomic E-state index is 12.0. The number of fused-ring (bicyclic) bond motifs is 3. The first-order valence-electron chi connectivity index (χ1n) is 8.30. The summed E-state index contributed by atoms with van der Waals surface area (Å²) in [6.45, 7) is 3.34. The van der Waals surface area contributed by atoms with Gasteiger partial charge < -0.3 is 10.0 Å². The smallest absolute Gasteiger partial charge is 0.120 e. The molecular formula is C20H24BrNO. The van der Waals surface area contributed by atoms with Crippen molar-refractivity contribution in [3.8, 4) is 0 Å². The van der Waals surface area contributed by atoms with Crippen molar-refractivity contribution in [3.05, 3.63) is 71.8 Å². The van der Waals surface area contributed by atoms with E-state index in [2.05, 4.69) is 29.2 Å². The largest absolute Gasteiger partial charge is 0.380 e. The predicted molar refractivity (Wildman–Crippen MR) is 98.9 cm³/mol. The molecule has 23 heavy (non-hydrogen) atoms. The minimum Gasteiger partial charge on any atom is -0.380 e. The summed E-state index contributed by atoms with van der Waals surface area (Å²) in [7, 11) is 0. The summed E-state index contributed by atoms with van der Waals surface area (Å²) in [6.07, 6.45) is 3.23. The zero-order valence-corrected chi connectivity index (χ0v) is 15.0. The highest BCUT2D eigenvalue weighted by molar-refractivity contribution is 8.93. The third-order valence-electron chi connectivity index (χ3n) is 5.87. The Morgan fingerprint density at radius 3 is 1.52 bits per heavy atom. The lowest BCUT2D eigenvalue weighted by molar-refractivity contribution is -0.125. The Morgan fingerprint density at radius 1 is 0.739 bits per heavy atom. The van der Waals surface area contributed by atoms with Crippen LogP contribution in [0.5, 0.6) is 0 Å². The molecule has 122 valence electrons. The predicted octanol–water partition coefficient (Wildman–Crippen LogP) is 3.99. The molecule has 0 aromatic heterocycles. The fourth-order valence-corrected chi connectivity index (χ4v) is 4.51. The average molecular weight is 374 g/mol. The molecule has 0 aliphatic carbocycles. The molecule has 0 saturated carbocycles. The Bertz CT molecular complexity index is 582. The molecule has 3 heterocycles. The van der Waals surface area contributed by atoms with Crippen LogP contribution in [0.3, 0.4) is 0 Å². The Balaban J connectivity index is 0.00000156. The van der Waals surface area contributed by atoms with Crippen LogP contribution in [0, 0.1) is 5.41 Å². The molecule has 3 fully saturated rings. The van der Waals surface area contributed by atoms with E-state index in [0.717, 1.165) is 50.0 Å². The second-order valence-corrected chi connectivity index (χ2v) is 6.81. The maximum absolute atomic E-state index is 12.0. The summed E-state index contributed by atoms with van der Waals surface area (Å²) < 4.78 is 0. The van der Waals surface area contributed by atoms with Gasteiger partial charge in [0.2, 0.25) is 0 Å². The van der Waals surface area contributed by atoms with Gasteiger partial charge in [-0.2, -0.15) is 0 Å². The zero-order chi connectivity index (χ0) is 15.0. The first-order valence-corrected chi connectivity index (χ1v) is 8.30. The maximum Gasteiger partial charge on any atom is 0.120 e. The van der Waals surface area contributed by atoms with Crippen molar-refractivity contribution in [2.24, 2.45) is 5.41 Å². The standard InChI is InChI=1S/C20H23NO.BrH/c22-20(17-7-3-1-4-8-17,18-9-5-2-6-10-18)19-11-14-21(15-12-19)16-13-19;/h1-10,22H,11-16H2;1H. The van der Waals surface area contributed by atoms with Crippen LogP contribution in [0.4, 0.5) is 0 Å². The monoisotopic (exact) mass is 373 g/mol. The number of halogens is 1. The lowest BCUT2D eigenvalue weighted by atomic mass is 9.57. The highest BCUT2D eigenvalue weighted by Crippen LogP contribution is 2.55. The van der Waals surface area contributed by atoms with Crippen molar-refractivity contribution in [2.45, 2.75) is 24.9 Å². The Kier molecular flexibility index (Phi) is 4.63. The molecule has 0 atom stereocenters.